The molecule has 0 saturated carbocycles. The molecule has 0 spiro atoms. The van der Waals surface area contributed by atoms with Crippen LogP contribution in [0.5, 0.6) is 5.75 Å². The van der Waals surface area contributed by atoms with E-state index in [1.807, 2.05) is 32.2 Å². The van der Waals surface area contributed by atoms with Gasteiger partial charge in [-0.3, -0.25) is 19.0 Å². The summed E-state index contributed by atoms with van der Waals surface area (Å²) >= 11 is 6.03. The fraction of sp³-hybridized carbons (Fsp3) is 0.433. The monoisotopic (exact) mass is 539 g/mol. The number of nitrogens with zero attached hydrogens (tertiary/aromatic N) is 3. The Hall–Kier alpha value is -3.32. The Bertz CT molecular complexity index is 1280. The van der Waals surface area contributed by atoms with Gasteiger partial charge in [0, 0.05) is 55.1 Å². The van der Waals surface area contributed by atoms with E-state index in [1.54, 1.807) is 45.7 Å². The highest BCUT2D eigenvalue weighted by Gasteiger charge is 2.25. The molecule has 2 aromatic carbocycles. The largest absolute Gasteiger partial charge is 0.497 e. The van der Waals surface area contributed by atoms with Crippen molar-refractivity contribution in [3.63, 3.8) is 0 Å². The van der Waals surface area contributed by atoms with Gasteiger partial charge in [0.05, 0.1) is 18.3 Å². The zero-order chi connectivity index (χ0) is 27.8. The maximum absolute atomic E-state index is 13.6. The molecule has 0 aliphatic heterocycles. The number of halogens is 1. The SMILES string of the molecule is CCCCN(C)C(=O)CCCCCN(C(C)=O)c1c(C)n(C(=O)c2ccc(Cl)cc2)c2ccc(OC)cc12. The third-order valence-electron chi connectivity index (χ3n) is 6.87. The average Bonchev–Trinajstić information content (AvgIpc) is 3.19. The van der Waals surface area contributed by atoms with Crippen LogP contribution in [0.3, 0.4) is 0 Å². The fourth-order valence-electron chi connectivity index (χ4n) is 4.69. The second kappa shape index (κ2) is 13.5. The average molecular weight is 540 g/mol. The van der Waals surface area contributed by atoms with Crippen LogP contribution in [-0.2, 0) is 9.59 Å². The molecule has 0 aliphatic carbocycles. The number of hydrogen-bond acceptors (Lipinski definition) is 4. The van der Waals surface area contributed by atoms with Crippen LogP contribution >= 0.6 is 11.6 Å². The van der Waals surface area contributed by atoms with Crippen molar-refractivity contribution in [3.05, 3.63) is 58.7 Å². The van der Waals surface area contributed by atoms with Crippen LogP contribution in [0.2, 0.25) is 5.02 Å². The number of aromatic nitrogens is 1. The standard InChI is InChI=1S/C30H38ClN3O4/c1-6-7-18-32(4)28(36)11-9-8-10-19-33(22(3)35)29-21(2)34(27-17-16-25(38-5)20-26(27)29)30(37)23-12-14-24(31)15-13-23/h12-17,20H,6-11,18-19H2,1-5H3. The van der Waals surface area contributed by atoms with Crippen LogP contribution in [0.4, 0.5) is 5.69 Å². The van der Waals surface area contributed by atoms with E-state index in [9.17, 15) is 14.4 Å². The molecule has 0 aliphatic rings. The molecule has 0 atom stereocenters. The minimum atomic E-state index is -0.199. The van der Waals surface area contributed by atoms with Crippen LogP contribution in [0.15, 0.2) is 42.5 Å². The summed E-state index contributed by atoms with van der Waals surface area (Å²) in [7, 11) is 3.45. The molecular weight excluding hydrogens is 502 g/mol. The summed E-state index contributed by atoms with van der Waals surface area (Å²) < 4.78 is 7.10. The van der Waals surface area contributed by atoms with E-state index >= 15 is 0 Å². The van der Waals surface area contributed by atoms with E-state index in [1.165, 1.54) is 6.92 Å². The van der Waals surface area contributed by atoms with Gasteiger partial charge in [-0.1, -0.05) is 31.4 Å². The number of anilines is 1. The predicted molar refractivity (Wildman–Crippen MR) is 153 cm³/mol. The van der Waals surface area contributed by atoms with Crippen molar-refractivity contribution in [2.45, 2.75) is 59.3 Å². The van der Waals surface area contributed by atoms with Gasteiger partial charge in [-0.05, 0) is 68.7 Å². The number of carbonyl (C=O) groups excluding carboxylic acids is 3. The number of ether oxygens (including phenoxy) is 1. The highest BCUT2D eigenvalue weighted by Crippen LogP contribution is 2.37. The molecule has 0 N–H and O–H groups in total. The number of fused-ring (bicyclic) bond motifs is 1. The van der Waals surface area contributed by atoms with E-state index in [2.05, 4.69) is 6.92 Å². The lowest BCUT2D eigenvalue weighted by Crippen LogP contribution is -2.30. The molecule has 0 saturated heterocycles. The van der Waals surface area contributed by atoms with E-state index in [-0.39, 0.29) is 17.7 Å². The highest BCUT2D eigenvalue weighted by molar-refractivity contribution is 6.30. The molecular formula is C30H38ClN3O4. The minimum Gasteiger partial charge on any atom is -0.497 e. The number of carbonyl (C=O) groups is 3. The molecule has 1 aromatic heterocycles. The summed E-state index contributed by atoms with van der Waals surface area (Å²) in [4.78, 5) is 42.3. The van der Waals surface area contributed by atoms with Gasteiger partial charge in [0.25, 0.3) is 5.91 Å². The smallest absolute Gasteiger partial charge is 0.262 e. The molecule has 2 amide bonds. The fourth-order valence-corrected chi connectivity index (χ4v) is 4.82. The molecule has 38 heavy (non-hydrogen) atoms. The van der Waals surface area contributed by atoms with Crippen molar-refractivity contribution in [2.24, 2.45) is 0 Å². The Morgan fingerprint density at radius 1 is 0.974 bits per heavy atom. The topological polar surface area (TPSA) is 71.9 Å². The van der Waals surface area contributed by atoms with Crippen LogP contribution in [-0.4, -0.2) is 54.4 Å². The van der Waals surface area contributed by atoms with E-state index in [0.29, 0.717) is 46.2 Å². The Morgan fingerprint density at radius 3 is 2.32 bits per heavy atom. The third-order valence-corrected chi connectivity index (χ3v) is 7.12. The van der Waals surface area contributed by atoms with E-state index in [0.717, 1.165) is 44.0 Å². The van der Waals surface area contributed by atoms with Gasteiger partial charge < -0.3 is 14.5 Å². The molecule has 8 heteroatoms. The number of amides is 2. The Labute approximate surface area is 230 Å². The molecule has 3 rings (SSSR count). The molecule has 0 unspecified atom stereocenters. The van der Waals surface area contributed by atoms with Crippen molar-refractivity contribution in [1.29, 1.82) is 0 Å². The van der Waals surface area contributed by atoms with Crippen molar-refractivity contribution in [2.75, 3.05) is 32.1 Å². The quantitative estimate of drug-likeness (QED) is 0.247. The van der Waals surface area contributed by atoms with Crippen molar-refractivity contribution < 1.29 is 19.1 Å². The van der Waals surface area contributed by atoms with E-state index in [4.69, 9.17) is 16.3 Å². The molecule has 0 bridgehead atoms. The number of unbranched alkanes of at least 4 members (excludes halogenated alkanes) is 3. The van der Waals surface area contributed by atoms with Gasteiger partial charge in [-0.2, -0.15) is 0 Å². The normalized spacial score (nSPS) is 11.0. The summed E-state index contributed by atoms with van der Waals surface area (Å²) in [6.45, 7) is 6.78. The van der Waals surface area contributed by atoms with Gasteiger partial charge in [-0.15, -0.1) is 0 Å². The summed E-state index contributed by atoms with van der Waals surface area (Å²) in [6, 6.07) is 12.3. The summed E-state index contributed by atoms with van der Waals surface area (Å²) in [5.74, 6) is 0.497. The molecule has 3 aromatic rings. The van der Waals surface area contributed by atoms with Gasteiger partial charge in [0.1, 0.15) is 5.75 Å². The van der Waals surface area contributed by atoms with Crippen LogP contribution < -0.4 is 9.64 Å². The van der Waals surface area contributed by atoms with Crippen LogP contribution in [0.25, 0.3) is 10.9 Å². The first kappa shape index (κ1) is 29.2. The molecule has 0 radical (unpaired) electrons. The maximum Gasteiger partial charge on any atom is 0.262 e. The van der Waals surface area contributed by atoms with Crippen LogP contribution in [0, 0.1) is 6.92 Å². The van der Waals surface area contributed by atoms with Crippen LogP contribution in [0.1, 0.15) is 68.4 Å². The van der Waals surface area contributed by atoms with E-state index < -0.39 is 0 Å². The van der Waals surface area contributed by atoms with Crippen molar-refractivity contribution in [3.8, 4) is 5.75 Å². The first-order chi connectivity index (χ1) is 18.2. The van der Waals surface area contributed by atoms with Gasteiger partial charge in [0.2, 0.25) is 11.8 Å². The number of benzene rings is 2. The third kappa shape index (κ3) is 6.76. The lowest BCUT2D eigenvalue weighted by molar-refractivity contribution is -0.130. The van der Waals surface area contributed by atoms with Gasteiger partial charge >= 0.3 is 0 Å². The second-order valence-corrected chi connectivity index (χ2v) is 10.1. The minimum absolute atomic E-state index is 0.107. The molecule has 1 heterocycles. The lowest BCUT2D eigenvalue weighted by atomic mass is 10.1. The highest BCUT2D eigenvalue weighted by atomic mass is 35.5. The van der Waals surface area contributed by atoms with Gasteiger partial charge in [-0.25, -0.2) is 0 Å². The Balaban J connectivity index is 1.85. The maximum atomic E-state index is 13.6. The molecule has 7 nitrogen and oxygen atoms in total. The second-order valence-electron chi connectivity index (χ2n) is 9.61. The summed E-state index contributed by atoms with van der Waals surface area (Å²) in [5.41, 5.74) is 2.57. The molecule has 0 fully saturated rings. The number of rotatable bonds is 12. The predicted octanol–water partition coefficient (Wildman–Crippen LogP) is 6.47. The summed E-state index contributed by atoms with van der Waals surface area (Å²) in [5, 5.41) is 1.32. The van der Waals surface area contributed by atoms with Gasteiger partial charge in [0.15, 0.2) is 0 Å². The lowest BCUT2D eigenvalue weighted by Gasteiger charge is -2.22. The zero-order valence-electron chi connectivity index (χ0n) is 23.1. The first-order valence-electron chi connectivity index (χ1n) is 13.2. The summed E-state index contributed by atoms with van der Waals surface area (Å²) in [6.07, 6.45) is 4.91. The number of methoxy groups -OCH3 is 1. The van der Waals surface area contributed by atoms with Crippen molar-refractivity contribution in [1.82, 2.24) is 9.47 Å². The van der Waals surface area contributed by atoms with Crippen molar-refractivity contribution >= 4 is 45.9 Å². The zero-order valence-corrected chi connectivity index (χ0v) is 23.8. The molecule has 204 valence electrons. The number of hydrogen-bond donors (Lipinski definition) is 0. The Kier molecular flexibility index (Phi) is 10.4. The first-order valence-corrected chi connectivity index (χ1v) is 13.6. The Morgan fingerprint density at radius 2 is 1.68 bits per heavy atom.